The number of nitrogens with one attached hydrogen (secondary N) is 1. The summed E-state index contributed by atoms with van der Waals surface area (Å²) in [6.07, 6.45) is 3.23. The number of rotatable bonds is 9. The first-order valence-corrected chi connectivity index (χ1v) is 9.13. The third-order valence-electron chi connectivity index (χ3n) is 4.51. The lowest BCUT2D eigenvalue weighted by Crippen LogP contribution is -2.39. The monoisotopic (exact) mass is 369 g/mol. The van der Waals surface area contributed by atoms with Crippen LogP contribution in [0, 0.1) is 11.8 Å². The van der Waals surface area contributed by atoms with E-state index >= 15 is 0 Å². The summed E-state index contributed by atoms with van der Waals surface area (Å²) >= 11 is 6.31. The molecule has 6 heteroatoms. The summed E-state index contributed by atoms with van der Waals surface area (Å²) in [6.45, 7) is 5.46. The summed E-state index contributed by atoms with van der Waals surface area (Å²) in [5, 5.41) is 3.34. The quantitative estimate of drug-likeness (QED) is 0.716. The van der Waals surface area contributed by atoms with Gasteiger partial charge in [0.2, 0.25) is 0 Å². The molecule has 0 bridgehead atoms. The highest BCUT2D eigenvalue weighted by Crippen LogP contribution is 2.36. The topological polar surface area (TPSA) is 56.8 Å². The van der Waals surface area contributed by atoms with Gasteiger partial charge in [-0.1, -0.05) is 25.4 Å². The van der Waals surface area contributed by atoms with Crippen molar-refractivity contribution in [2.45, 2.75) is 39.2 Å². The van der Waals surface area contributed by atoms with Gasteiger partial charge in [0.15, 0.2) is 11.5 Å². The van der Waals surface area contributed by atoms with E-state index in [1.54, 1.807) is 26.4 Å². The van der Waals surface area contributed by atoms with Crippen LogP contribution in [-0.4, -0.2) is 39.4 Å². The maximum Gasteiger partial charge on any atom is 0.251 e. The molecule has 0 spiro atoms. The van der Waals surface area contributed by atoms with Crippen molar-refractivity contribution < 1.29 is 19.0 Å². The molecule has 1 fully saturated rings. The van der Waals surface area contributed by atoms with Gasteiger partial charge in [-0.15, -0.1) is 0 Å². The van der Waals surface area contributed by atoms with E-state index in [-0.39, 0.29) is 5.91 Å². The van der Waals surface area contributed by atoms with Crippen molar-refractivity contribution in [2.75, 3.05) is 27.4 Å². The molecule has 5 nitrogen and oxygen atoms in total. The minimum atomic E-state index is -0.158. The lowest BCUT2D eigenvalue weighted by Gasteiger charge is -2.34. The minimum Gasteiger partial charge on any atom is -0.493 e. The molecule has 1 saturated carbocycles. The molecule has 0 unspecified atom stereocenters. The van der Waals surface area contributed by atoms with Gasteiger partial charge in [-0.3, -0.25) is 4.79 Å². The molecule has 0 radical (unpaired) electrons. The number of benzene rings is 1. The number of hydrogen-bond donors (Lipinski definition) is 1. The lowest BCUT2D eigenvalue weighted by atomic mass is 9.82. The molecule has 140 valence electrons. The number of ether oxygens (including phenoxy) is 3. The molecule has 0 atom stereocenters. The molecular formula is C19H28ClNO4. The molecule has 25 heavy (non-hydrogen) atoms. The van der Waals surface area contributed by atoms with Crippen molar-refractivity contribution in [1.82, 2.24) is 5.32 Å². The molecule has 0 saturated heterocycles. The average Bonchev–Trinajstić information content (AvgIpc) is 2.54. The molecule has 0 aliphatic heterocycles. The summed E-state index contributed by atoms with van der Waals surface area (Å²) in [6, 6.07) is 3.30. The van der Waals surface area contributed by atoms with Gasteiger partial charge < -0.3 is 19.5 Å². The van der Waals surface area contributed by atoms with E-state index in [2.05, 4.69) is 19.2 Å². The fourth-order valence-electron chi connectivity index (χ4n) is 2.76. The number of halogens is 1. The third kappa shape index (κ3) is 5.51. The Hall–Kier alpha value is -1.46. The summed E-state index contributed by atoms with van der Waals surface area (Å²) in [7, 11) is 3.26. The van der Waals surface area contributed by atoms with Gasteiger partial charge in [-0.05, 0) is 43.2 Å². The van der Waals surface area contributed by atoms with E-state index in [1.165, 1.54) is 0 Å². The molecule has 0 heterocycles. The fraction of sp³-hybridized carbons (Fsp3) is 0.632. The van der Waals surface area contributed by atoms with Gasteiger partial charge in [0, 0.05) is 19.2 Å². The highest BCUT2D eigenvalue weighted by Gasteiger charge is 2.29. The second-order valence-corrected chi connectivity index (χ2v) is 7.33. The van der Waals surface area contributed by atoms with Crippen molar-refractivity contribution in [1.29, 1.82) is 0 Å². The average molecular weight is 370 g/mol. The third-order valence-corrected chi connectivity index (χ3v) is 4.79. The number of carbonyl (C=O) groups is 1. The Balaban J connectivity index is 1.96. The molecule has 1 aliphatic rings. The lowest BCUT2D eigenvalue weighted by molar-refractivity contribution is 0.00179. The van der Waals surface area contributed by atoms with Gasteiger partial charge >= 0.3 is 0 Å². The fourth-order valence-corrected chi connectivity index (χ4v) is 3.03. The van der Waals surface area contributed by atoms with E-state index in [4.69, 9.17) is 25.8 Å². The molecule has 1 aromatic carbocycles. The highest BCUT2D eigenvalue weighted by molar-refractivity contribution is 6.32. The second-order valence-electron chi connectivity index (χ2n) is 6.93. The Kier molecular flexibility index (Phi) is 7.38. The zero-order valence-electron chi connectivity index (χ0n) is 15.4. The number of amides is 1. The Bertz CT molecular complexity index is 585. The highest BCUT2D eigenvalue weighted by atomic mass is 35.5. The van der Waals surface area contributed by atoms with Gasteiger partial charge in [0.1, 0.15) is 0 Å². The molecule has 1 N–H and O–H groups in total. The first-order valence-electron chi connectivity index (χ1n) is 8.75. The van der Waals surface area contributed by atoms with Crippen molar-refractivity contribution in [3.63, 3.8) is 0 Å². The van der Waals surface area contributed by atoms with E-state index in [0.29, 0.717) is 53.2 Å². The van der Waals surface area contributed by atoms with Gasteiger partial charge in [-0.25, -0.2) is 0 Å². The maximum absolute atomic E-state index is 12.4. The van der Waals surface area contributed by atoms with E-state index in [0.717, 1.165) is 19.3 Å². The van der Waals surface area contributed by atoms with Crippen molar-refractivity contribution in [3.8, 4) is 11.5 Å². The predicted molar refractivity (Wildman–Crippen MR) is 98.8 cm³/mol. The van der Waals surface area contributed by atoms with Gasteiger partial charge in [0.05, 0.1) is 24.8 Å². The van der Waals surface area contributed by atoms with Crippen LogP contribution in [0.2, 0.25) is 5.02 Å². The molecule has 1 aromatic rings. The second kappa shape index (κ2) is 9.30. The smallest absolute Gasteiger partial charge is 0.251 e. The largest absolute Gasteiger partial charge is 0.493 e. The Morgan fingerprint density at radius 1 is 1.32 bits per heavy atom. The van der Waals surface area contributed by atoms with Crippen molar-refractivity contribution in [2.24, 2.45) is 11.8 Å². The van der Waals surface area contributed by atoms with Crippen molar-refractivity contribution in [3.05, 3.63) is 22.7 Å². The minimum absolute atomic E-state index is 0.158. The summed E-state index contributed by atoms with van der Waals surface area (Å²) in [4.78, 5) is 12.4. The van der Waals surface area contributed by atoms with Crippen LogP contribution >= 0.6 is 11.6 Å². The van der Waals surface area contributed by atoms with Crippen LogP contribution in [0.25, 0.3) is 0 Å². The van der Waals surface area contributed by atoms with Crippen LogP contribution < -0.4 is 14.8 Å². The van der Waals surface area contributed by atoms with Crippen LogP contribution in [0.4, 0.5) is 0 Å². The van der Waals surface area contributed by atoms with E-state index in [9.17, 15) is 4.79 Å². The Morgan fingerprint density at radius 3 is 2.64 bits per heavy atom. The maximum atomic E-state index is 12.4. The van der Waals surface area contributed by atoms with Crippen LogP contribution in [0.5, 0.6) is 11.5 Å². The first kappa shape index (κ1) is 19.9. The summed E-state index contributed by atoms with van der Waals surface area (Å²) in [5.41, 5.74) is 0.473. The summed E-state index contributed by atoms with van der Waals surface area (Å²) in [5.74, 6) is 1.83. The molecular weight excluding hydrogens is 342 g/mol. The Labute approximate surface area is 155 Å². The van der Waals surface area contributed by atoms with E-state index < -0.39 is 0 Å². The molecule has 0 aromatic heterocycles. The molecule has 2 rings (SSSR count). The number of carbonyl (C=O) groups excluding carboxylic acids is 1. The first-order chi connectivity index (χ1) is 11.9. The zero-order valence-corrected chi connectivity index (χ0v) is 16.2. The normalized spacial score (nSPS) is 19.4. The standard InChI is InChI=1S/C19H28ClNO4/c1-12(2)5-6-25-18-16(20)9-14(10-17(18)24-4)19(22)21-11-13-7-15(8-13)23-3/h9-10,12-13,15H,5-8,11H2,1-4H3,(H,21,22). The molecule has 1 amide bonds. The zero-order chi connectivity index (χ0) is 18.4. The Morgan fingerprint density at radius 2 is 2.04 bits per heavy atom. The van der Waals surface area contributed by atoms with Crippen LogP contribution in [0.1, 0.15) is 43.5 Å². The van der Waals surface area contributed by atoms with Gasteiger partial charge in [0.25, 0.3) is 5.91 Å². The van der Waals surface area contributed by atoms with Crippen molar-refractivity contribution >= 4 is 17.5 Å². The van der Waals surface area contributed by atoms with E-state index in [1.807, 2.05) is 0 Å². The number of methoxy groups -OCH3 is 2. The predicted octanol–water partition coefficient (Wildman–Crippen LogP) is 3.93. The van der Waals surface area contributed by atoms with Crippen LogP contribution in [0.3, 0.4) is 0 Å². The molecule has 1 aliphatic carbocycles. The van der Waals surface area contributed by atoms with Crippen LogP contribution in [0.15, 0.2) is 12.1 Å². The SMILES string of the molecule is COc1cc(C(=O)NCC2CC(OC)C2)cc(Cl)c1OCCC(C)C. The summed E-state index contributed by atoms with van der Waals surface area (Å²) < 4.78 is 16.4. The van der Waals surface area contributed by atoms with Crippen LogP contribution in [-0.2, 0) is 4.74 Å². The number of hydrogen-bond acceptors (Lipinski definition) is 4. The van der Waals surface area contributed by atoms with Gasteiger partial charge in [-0.2, -0.15) is 0 Å².